The molecule has 0 unspecified atom stereocenters. The predicted octanol–water partition coefficient (Wildman–Crippen LogP) is 2.88. The second-order valence-electron chi connectivity index (χ2n) is 4.51. The van der Waals surface area contributed by atoms with Crippen LogP contribution in [0.4, 0.5) is 0 Å². The molecule has 112 valence electrons. The molecule has 2 N–H and O–H groups in total. The van der Waals surface area contributed by atoms with Crippen LogP contribution in [-0.2, 0) is 4.79 Å². The Balaban J connectivity index is 3.12. The Hall–Kier alpha value is -2.19. The van der Waals surface area contributed by atoms with Crippen LogP contribution in [-0.4, -0.2) is 24.2 Å². The van der Waals surface area contributed by atoms with Crippen molar-refractivity contribution in [1.82, 2.24) is 5.32 Å². The van der Waals surface area contributed by atoms with Gasteiger partial charge in [-0.3, -0.25) is 4.79 Å². The van der Waals surface area contributed by atoms with Crippen molar-refractivity contribution < 1.29 is 14.6 Å². The number of carbonyl (C=O) groups excluding carboxylic acids is 1. The monoisotopic (exact) mass is 308 g/mol. The third-order valence-corrected chi connectivity index (χ3v) is 3.22. The van der Waals surface area contributed by atoms with Crippen LogP contribution in [0.3, 0.4) is 0 Å². The van der Waals surface area contributed by atoms with E-state index in [-0.39, 0.29) is 28.1 Å². The first kappa shape index (κ1) is 16.9. The van der Waals surface area contributed by atoms with Gasteiger partial charge >= 0.3 is 0 Å². The van der Waals surface area contributed by atoms with Crippen molar-refractivity contribution >= 4 is 23.6 Å². The first-order chi connectivity index (χ1) is 9.92. The van der Waals surface area contributed by atoms with E-state index < -0.39 is 5.91 Å². The molecule has 0 radical (unpaired) electrons. The highest BCUT2D eigenvalue weighted by molar-refractivity contribution is 6.32. The van der Waals surface area contributed by atoms with Gasteiger partial charge in [0.1, 0.15) is 11.6 Å². The molecule has 0 bridgehead atoms. The summed E-state index contributed by atoms with van der Waals surface area (Å²) in [6, 6.07) is 4.78. The second kappa shape index (κ2) is 7.55. The second-order valence-corrected chi connectivity index (χ2v) is 4.91. The molecule has 0 spiro atoms. The number of nitriles is 1. The Morgan fingerprint density at radius 3 is 2.81 bits per heavy atom. The number of amides is 1. The molecule has 1 amide bonds. The fourth-order valence-corrected chi connectivity index (χ4v) is 1.77. The summed E-state index contributed by atoms with van der Waals surface area (Å²) in [5, 5.41) is 21.5. The van der Waals surface area contributed by atoms with E-state index in [9.17, 15) is 9.90 Å². The van der Waals surface area contributed by atoms with E-state index in [1.165, 1.54) is 25.3 Å². The van der Waals surface area contributed by atoms with E-state index in [4.69, 9.17) is 21.6 Å². The maximum absolute atomic E-state index is 11.9. The largest absolute Gasteiger partial charge is 0.503 e. The van der Waals surface area contributed by atoms with E-state index in [2.05, 4.69) is 5.32 Å². The number of carbonyl (C=O) groups is 1. The first-order valence-corrected chi connectivity index (χ1v) is 6.79. The number of hydrogen-bond donors (Lipinski definition) is 2. The molecule has 5 nitrogen and oxygen atoms in total. The quantitative estimate of drug-likeness (QED) is 0.647. The highest BCUT2D eigenvalue weighted by Gasteiger charge is 2.13. The zero-order chi connectivity index (χ0) is 16.0. The molecule has 0 aliphatic carbocycles. The van der Waals surface area contributed by atoms with Gasteiger partial charge in [-0.05, 0) is 37.1 Å². The smallest absolute Gasteiger partial charge is 0.262 e. The lowest BCUT2D eigenvalue weighted by atomic mass is 10.1. The maximum Gasteiger partial charge on any atom is 0.262 e. The van der Waals surface area contributed by atoms with Crippen molar-refractivity contribution in [1.29, 1.82) is 5.26 Å². The van der Waals surface area contributed by atoms with Gasteiger partial charge in [0, 0.05) is 6.04 Å². The molecule has 21 heavy (non-hydrogen) atoms. The summed E-state index contributed by atoms with van der Waals surface area (Å²) in [6.07, 6.45) is 2.16. The topological polar surface area (TPSA) is 82.4 Å². The number of nitrogens with zero attached hydrogens (tertiary/aromatic N) is 1. The number of aromatic hydroxyl groups is 1. The molecule has 0 saturated carbocycles. The van der Waals surface area contributed by atoms with Gasteiger partial charge < -0.3 is 15.2 Å². The summed E-state index contributed by atoms with van der Waals surface area (Å²) in [4.78, 5) is 11.9. The molecule has 0 aromatic heterocycles. The molecule has 0 aliphatic rings. The summed E-state index contributed by atoms with van der Waals surface area (Å²) >= 11 is 5.87. The number of nitrogens with one attached hydrogen (secondary N) is 1. The number of rotatable bonds is 5. The summed E-state index contributed by atoms with van der Waals surface area (Å²) < 4.78 is 4.98. The highest BCUT2D eigenvalue weighted by atomic mass is 35.5. The Labute approximate surface area is 128 Å². The van der Waals surface area contributed by atoms with Crippen LogP contribution in [0.25, 0.3) is 6.08 Å². The summed E-state index contributed by atoms with van der Waals surface area (Å²) in [5.74, 6) is -0.456. The van der Waals surface area contributed by atoms with Crippen LogP contribution in [0.2, 0.25) is 5.02 Å². The van der Waals surface area contributed by atoms with Crippen LogP contribution >= 0.6 is 11.6 Å². The Kier molecular flexibility index (Phi) is 6.07. The van der Waals surface area contributed by atoms with Crippen LogP contribution in [0, 0.1) is 11.3 Å². The van der Waals surface area contributed by atoms with Crippen molar-refractivity contribution in [2.75, 3.05) is 7.11 Å². The molecule has 1 aromatic carbocycles. The van der Waals surface area contributed by atoms with E-state index in [0.717, 1.165) is 6.42 Å². The molecule has 6 heteroatoms. The van der Waals surface area contributed by atoms with Crippen molar-refractivity contribution in [3.8, 4) is 17.6 Å². The number of hydrogen-bond acceptors (Lipinski definition) is 4. The van der Waals surface area contributed by atoms with Crippen molar-refractivity contribution in [2.24, 2.45) is 0 Å². The standard InChI is InChI=1S/C15H17ClN2O3/c1-4-9(2)18-15(20)11(8-17)5-10-6-12(16)14(19)13(7-10)21-3/h5-7,9,19H,4H2,1-3H3,(H,18,20)/b11-5+/t9-/m1/s1. The number of phenols is 1. The zero-order valence-electron chi connectivity index (χ0n) is 12.1. The van der Waals surface area contributed by atoms with E-state index in [1.807, 2.05) is 19.9 Å². The van der Waals surface area contributed by atoms with Gasteiger partial charge in [0.25, 0.3) is 5.91 Å². The number of ether oxygens (including phenoxy) is 1. The minimum absolute atomic E-state index is 0.0211. The average molecular weight is 309 g/mol. The molecule has 0 heterocycles. The fourth-order valence-electron chi connectivity index (χ4n) is 1.55. The highest BCUT2D eigenvalue weighted by Crippen LogP contribution is 2.35. The molecule has 0 fully saturated rings. The van der Waals surface area contributed by atoms with Crippen LogP contribution in [0.1, 0.15) is 25.8 Å². The maximum atomic E-state index is 11.9. The molecule has 1 atom stereocenters. The van der Waals surface area contributed by atoms with Gasteiger partial charge in [-0.15, -0.1) is 0 Å². The number of halogens is 1. The Bertz CT molecular complexity index is 606. The lowest BCUT2D eigenvalue weighted by Crippen LogP contribution is -2.32. The summed E-state index contributed by atoms with van der Waals surface area (Å²) in [6.45, 7) is 3.79. The van der Waals surface area contributed by atoms with Crippen LogP contribution in [0.5, 0.6) is 11.5 Å². The lowest BCUT2D eigenvalue weighted by Gasteiger charge is -2.11. The van der Waals surface area contributed by atoms with E-state index in [1.54, 1.807) is 0 Å². The molecular weight excluding hydrogens is 292 g/mol. The molecule has 1 rings (SSSR count). The zero-order valence-corrected chi connectivity index (χ0v) is 12.9. The van der Waals surface area contributed by atoms with Gasteiger partial charge in [0.05, 0.1) is 12.1 Å². The Morgan fingerprint density at radius 1 is 1.62 bits per heavy atom. The summed E-state index contributed by atoms with van der Waals surface area (Å²) in [7, 11) is 1.39. The van der Waals surface area contributed by atoms with Gasteiger partial charge in [-0.1, -0.05) is 18.5 Å². The minimum atomic E-state index is -0.449. The van der Waals surface area contributed by atoms with Crippen LogP contribution < -0.4 is 10.1 Å². The molecule has 1 aromatic rings. The molecule has 0 saturated heterocycles. The minimum Gasteiger partial charge on any atom is -0.503 e. The molecular formula is C15H17ClN2O3. The van der Waals surface area contributed by atoms with E-state index in [0.29, 0.717) is 5.56 Å². The number of methoxy groups -OCH3 is 1. The third kappa shape index (κ3) is 4.40. The van der Waals surface area contributed by atoms with E-state index >= 15 is 0 Å². The third-order valence-electron chi connectivity index (χ3n) is 2.94. The van der Waals surface area contributed by atoms with Crippen LogP contribution in [0.15, 0.2) is 17.7 Å². The van der Waals surface area contributed by atoms with Gasteiger partial charge in [-0.25, -0.2) is 0 Å². The Morgan fingerprint density at radius 2 is 2.29 bits per heavy atom. The van der Waals surface area contributed by atoms with Gasteiger partial charge in [0.15, 0.2) is 11.5 Å². The van der Waals surface area contributed by atoms with Gasteiger partial charge in [0.2, 0.25) is 0 Å². The first-order valence-electron chi connectivity index (χ1n) is 6.42. The normalized spacial score (nSPS) is 12.4. The SMILES string of the molecule is CC[C@@H](C)NC(=O)/C(C#N)=C/c1cc(Cl)c(O)c(OC)c1. The average Bonchev–Trinajstić information content (AvgIpc) is 2.47. The summed E-state index contributed by atoms with van der Waals surface area (Å²) in [5.41, 5.74) is 0.449. The van der Waals surface area contributed by atoms with Crippen molar-refractivity contribution in [3.63, 3.8) is 0 Å². The fraction of sp³-hybridized carbons (Fsp3) is 0.333. The van der Waals surface area contributed by atoms with Crippen molar-refractivity contribution in [3.05, 3.63) is 28.3 Å². The number of benzene rings is 1. The number of phenolic OH excluding ortho intramolecular Hbond substituents is 1. The predicted molar refractivity (Wildman–Crippen MR) is 81.2 cm³/mol. The lowest BCUT2D eigenvalue weighted by molar-refractivity contribution is -0.117. The molecule has 0 aliphatic heterocycles. The van der Waals surface area contributed by atoms with Crippen molar-refractivity contribution in [2.45, 2.75) is 26.3 Å². The van der Waals surface area contributed by atoms with Gasteiger partial charge in [-0.2, -0.15) is 5.26 Å².